The van der Waals surface area contributed by atoms with E-state index < -0.39 is 35.2 Å². The maximum Gasteiger partial charge on any atom is 0.352 e. The number of allylic oxidation sites excluding steroid dienone is 1. The first-order valence-corrected chi connectivity index (χ1v) is 11.0. The summed E-state index contributed by atoms with van der Waals surface area (Å²) in [4.78, 5) is 37.3. The molecule has 4 aliphatic carbocycles. The lowest BCUT2D eigenvalue weighted by Crippen LogP contribution is -2.65. The number of cyclic esters (lactones) is 1. The lowest BCUT2D eigenvalue weighted by atomic mass is 9.45. The number of ketones is 1. The number of esters is 2. The average Bonchev–Trinajstić information content (AvgIpc) is 2.93. The van der Waals surface area contributed by atoms with Gasteiger partial charge in [0, 0.05) is 11.8 Å². The quantitative estimate of drug-likeness (QED) is 0.627. The highest BCUT2D eigenvalue weighted by molar-refractivity contribution is 5.92. The summed E-state index contributed by atoms with van der Waals surface area (Å²) in [7, 11) is 0. The molecule has 5 rings (SSSR count). The Morgan fingerprint density at radius 2 is 1.86 bits per heavy atom. The molecule has 0 radical (unpaired) electrons. The van der Waals surface area contributed by atoms with Crippen LogP contribution in [0.25, 0.3) is 0 Å². The molecule has 4 fully saturated rings. The highest BCUT2D eigenvalue weighted by atomic mass is 16.7. The molecule has 6 heteroatoms. The predicted molar refractivity (Wildman–Crippen MR) is 102 cm³/mol. The predicted octanol–water partition coefficient (Wildman–Crippen LogP) is 2.72. The van der Waals surface area contributed by atoms with Crippen LogP contribution in [0.5, 0.6) is 0 Å². The van der Waals surface area contributed by atoms with E-state index >= 15 is 0 Å². The Balaban J connectivity index is 1.54. The van der Waals surface area contributed by atoms with Gasteiger partial charge in [0.25, 0.3) is 0 Å². The molecular weight excluding hydrogens is 372 g/mol. The number of carbonyl (C=O) groups excluding carboxylic acids is 3. The minimum absolute atomic E-state index is 0.0676. The van der Waals surface area contributed by atoms with Crippen LogP contribution in [0.4, 0.5) is 0 Å². The molecule has 0 unspecified atom stereocenters. The molecule has 1 heterocycles. The molecule has 1 N–H and O–H groups in total. The van der Waals surface area contributed by atoms with Crippen molar-refractivity contribution in [2.24, 2.45) is 28.6 Å². The normalized spacial score (nSPS) is 51.5. The van der Waals surface area contributed by atoms with Crippen LogP contribution in [-0.2, 0) is 23.9 Å². The van der Waals surface area contributed by atoms with Gasteiger partial charge in [0.2, 0.25) is 5.60 Å². The van der Waals surface area contributed by atoms with E-state index in [9.17, 15) is 19.5 Å². The lowest BCUT2D eigenvalue weighted by molar-refractivity contribution is -0.236. The van der Waals surface area contributed by atoms with Gasteiger partial charge in [0.05, 0.1) is 6.10 Å². The fourth-order valence-corrected chi connectivity index (χ4v) is 7.78. The van der Waals surface area contributed by atoms with Crippen LogP contribution in [0, 0.1) is 28.6 Å². The highest BCUT2D eigenvalue weighted by Gasteiger charge is 2.72. The summed E-state index contributed by atoms with van der Waals surface area (Å²) in [5.74, 6) is -0.263. The number of fused-ring (bicyclic) bond motifs is 6. The van der Waals surface area contributed by atoms with E-state index in [4.69, 9.17) is 9.47 Å². The maximum absolute atomic E-state index is 13.0. The van der Waals surface area contributed by atoms with Crippen molar-refractivity contribution in [3.63, 3.8) is 0 Å². The van der Waals surface area contributed by atoms with Gasteiger partial charge in [-0.05, 0) is 74.7 Å². The Morgan fingerprint density at radius 1 is 1.10 bits per heavy atom. The van der Waals surface area contributed by atoms with E-state index in [-0.39, 0.29) is 29.0 Å². The zero-order valence-corrected chi connectivity index (χ0v) is 17.4. The lowest BCUT2D eigenvalue weighted by Gasteiger charge is -2.60. The third-order valence-electron chi connectivity index (χ3n) is 9.24. The minimum Gasteiger partial charge on any atom is -0.448 e. The van der Waals surface area contributed by atoms with Gasteiger partial charge < -0.3 is 14.6 Å². The summed E-state index contributed by atoms with van der Waals surface area (Å²) in [6.07, 6.45) is 5.05. The summed E-state index contributed by atoms with van der Waals surface area (Å²) >= 11 is 0. The average molecular weight is 402 g/mol. The van der Waals surface area contributed by atoms with Gasteiger partial charge in [0.1, 0.15) is 0 Å². The monoisotopic (exact) mass is 402 g/mol. The first-order chi connectivity index (χ1) is 13.6. The van der Waals surface area contributed by atoms with Gasteiger partial charge in [-0.15, -0.1) is 0 Å². The van der Waals surface area contributed by atoms with Crippen molar-refractivity contribution in [2.75, 3.05) is 0 Å². The maximum atomic E-state index is 13.0. The van der Waals surface area contributed by atoms with E-state index in [0.717, 1.165) is 25.7 Å². The van der Waals surface area contributed by atoms with Gasteiger partial charge in [-0.3, -0.25) is 4.79 Å². The number of hydrogen-bond acceptors (Lipinski definition) is 6. The zero-order chi connectivity index (χ0) is 20.8. The van der Waals surface area contributed by atoms with E-state index in [1.165, 1.54) is 12.5 Å². The molecule has 5 aliphatic rings. The second-order valence-corrected chi connectivity index (χ2v) is 10.4. The summed E-state index contributed by atoms with van der Waals surface area (Å²) < 4.78 is 11.2. The van der Waals surface area contributed by atoms with Crippen LogP contribution >= 0.6 is 0 Å². The molecule has 1 saturated heterocycles. The number of carbonyl (C=O) groups is 3. The van der Waals surface area contributed by atoms with Crippen molar-refractivity contribution >= 4 is 17.7 Å². The SMILES string of the molecule is C[C@H]1OC(=O)[C@]2(CC[C@H]3[C@@H]4CCC5=CC(=O)CC[C@]5(C)[C@H]4[C@@H](O)C[C@@]32C)OC1=O. The van der Waals surface area contributed by atoms with Crippen LogP contribution in [0.15, 0.2) is 11.6 Å². The summed E-state index contributed by atoms with van der Waals surface area (Å²) in [6.45, 7) is 5.75. The van der Waals surface area contributed by atoms with Crippen molar-refractivity contribution in [1.82, 2.24) is 0 Å². The van der Waals surface area contributed by atoms with E-state index in [0.29, 0.717) is 19.3 Å². The summed E-state index contributed by atoms with van der Waals surface area (Å²) in [6, 6.07) is 0. The van der Waals surface area contributed by atoms with Crippen LogP contribution in [0.1, 0.15) is 65.7 Å². The van der Waals surface area contributed by atoms with Crippen LogP contribution in [-0.4, -0.2) is 40.6 Å². The number of ether oxygens (including phenoxy) is 2. The standard InChI is InChI=1S/C23H30O6/c1-12-19(26)29-23(20(27)28-12)9-7-16-15-5-4-13-10-14(24)6-8-21(13,2)18(15)17(25)11-22(16,23)3/h10,12,15-18,25H,4-9,11H2,1-3H3/t12-,15+,16+,17+,18-,21+,22+,23+/m1/s1. The van der Waals surface area contributed by atoms with Gasteiger partial charge in [-0.25, -0.2) is 9.59 Å². The molecule has 3 saturated carbocycles. The molecule has 1 aliphatic heterocycles. The molecule has 0 aromatic carbocycles. The third kappa shape index (κ3) is 2.30. The van der Waals surface area contributed by atoms with Crippen molar-refractivity contribution in [3.05, 3.63) is 11.6 Å². The van der Waals surface area contributed by atoms with Crippen LogP contribution in [0.3, 0.4) is 0 Å². The minimum atomic E-state index is -1.28. The number of aliphatic hydroxyl groups excluding tert-OH is 1. The molecule has 0 aromatic heterocycles. The number of hydrogen-bond donors (Lipinski definition) is 1. The van der Waals surface area contributed by atoms with Gasteiger partial charge in [-0.2, -0.15) is 0 Å². The van der Waals surface area contributed by atoms with E-state index in [1.54, 1.807) is 0 Å². The highest BCUT2D eigenvalue weighted by Crippen LogP contribution is 2.68. The Labute approximate surface area is 171 Å². The Morgan fingerprint density at radius 3 is 2.62 bits per heavy atom. The molecular formula is C23H30O6. The summed E-state index contributed by atoms with van der Waals surface area (Å²) in [5, 5.41) is 11.4. The van der Waals surface area contributed by atoms with Crippen molar-refractivity contribution in [2.45, 2.75) is 83.5 Å². The smallest absolute Gasteiger partial charge is 0.352 e. The third-order valence-corrected chi connectivity index (χ3v) is 9.24. The number of aliphatic hydroxyl groups is 1. The van der Waals surface area contributed by atoms with E-state index in [1.807, 2.05) is 13.0 Å². The van der Waals surface area contributed by atoms with Gasteiger partial charge in [0.15, 0.2) is 11.9 Å². The Hall–Kier alpha value is -1.69. The molecule has 29 heavy (non-hydrogen) atoms. The van der Waals surface area contributed by atoms with E-state index in [2.05, 4.69) is 6.92 Å². The molecule has 6 nitrogen and oxygen atoms in total. The van der Waals surface area contributed by atoms with Gasteiger partial charge >= 0.3 is 11.9 Å². The van der Waals surface area contributed by atoms with Crippen LogP contribution in [0.2, 0.25) is 0 Å². The van der Waals surface area contributed by atoms with Crippen molar-refractivity contribution in [1.29, 1.82) is 0 Å². The fraction of sp³-hybridized carbons (Fsp3) is 0.783. The second kappa shape index (κ2) is 5.93. The largest absolute Gasteiger partial charge is 0.448 e. The summed E-state index contributed by atoms with van der Waals surface area (Å²) in [5.41, 5.74) is -0.913. The van der Waals surface area contributed by atoms with Crippen LogP contribution < -0.4 is 0 Å². The zero-order valence-electron chi connectivity index (χ0n) is 17.4. The molecule has 8 atom stereocenters. The molecule has 0 amide bonds. The molecule has 1 spiro atoms. The first kappa shape index (κ1) is 19.3. The topological polar surface area (TPSA) is 89.9 Å². The van der Waals surface area contributed by atoms with Crippen molar-refractivity contribution in [3.8, 4) is 0 Å². The Bertz CT molecular complexity index is 831. The first-order valence-electron chi connectivity index (χ1n) is 11.0. The molecule has 0 aromatic rings. The molecule has 158 valence electrons. The molecule has 0 bridgehead atoms. The number of rotatable bonds is 0. The Kier molecular flexibility index (Phi) is 3.94. The van der Waals surface area contributed by atoms with Crippen molar-refractivity contribution < 1.29 is 29.0 Å². The fourth-order valence-electron chi connectivity index (χ4n) is 7.78. The second-order valence-electron chi connectivity index (χ2n) is 10.4. The van der Waals surface area contributed by atoms with Gasteiger partial charge in [-0.1, -0.05) is 19.4 Å².